The van der Waals surface area contributed by atoms with Crippen LogP contribution in [0.5, 0.6) is 0 Å². The minimum atomic E-state index is -0.114. The lowest BCUT2D eigenvalue weighted by Gasteiger charge is -2.20. The number of ketones is 1. The van der Waals surface area contributed by atoms with Crippen LogP contribution in [-0.2, 0) is 16.8 Å². The van der Waals surface area contributed by atoms with E-state index in [0.29, 0.717) is 23.4 Å². The zero-order valence-electron chi connectivity index (χ0n) is 18.7. The molecule has 0 saturated heterocycles. The van der Waals surface area contributed by atoms with Crippen LogP contribution in [0, 0.1) is 0 Å². The van der Waals surface area contributed by atoms with Crippen molar-refractivity contribution in [1.82, 2.24) is 0 Å². The molecule has 0 radical (unpaired) electrons. The number of nitrogens with one attached hydrogen (secondary N) is 2. The van der Waals surface area contributed by atoms with Gasteiger partial charge in [-0.1, -0.05) is 87.5 Å². The number of amides is 1. The van der Waals surface area contributed by atoms with Crippen LogP contribution >= 0.6 is 0 Å². The summed E-state index contributed by atoms with van der Waals surface area (Å²) in [6.07, 6.45) is 0. The van der Waals surface area contributed by atoms with Crippen LogP contribution in [0.1, 0.15) is 47.8 Å². The predicted molar refractivity (Wildman–Crippen MR) is 126 cm³/mol. The van der Waals surface area contributed by atoms with Gasteiger partial charge in [0.2, 0.25) is 0 Å². The van der Waals surface area contributed by atoms with Crippen molar-refractivity contribution < 1.29 is 14.5 Å². The van der Waals surface area contributed by atoms with E-state index in [1.165, 1.54) is 11.1 Å². The van der Waals surface area contributed by atoms with E-state index < -0.39 is 0 Å². The molecular formula is C27H31N2O2+. The van der Waals surface area contributed by atoms with Gasteiger partial charge in [-0.05, 0) is 23.1 Å². The number of likely N-dealkylation sites (N-methyl/N-ethyl adjacent to an activating group) is 1. The SMILES string of the molecule is C[NH+](CC(=O)Nc1ccccc1C(=O)c1ccccc1)Cc1ccc(C(C)(C)C)cc1. The molecule has 160 valence electrons. The van der Waals surface area contributed by atoms with Crippen LogP contribution in [0.3, 0.4) is 0 Å². The highest BCUT2D eigenvalue weighted by Gasteiger charge is 2.17. The van der Waals surface area contributed by atoms with Gasteiger partial charge in [-0.2, -0.15) is 0 Å². The number of benzene rings is 3. The third-order valence-corrected chi connectivity index (χ3v) is 5.27. The van der Waals surface area contributed by atoms with Gasteiger partial charge in [0, 0.05) is 16.7 Å². The van der Waals surface area contributed by atoms with Gasteiger partial charge in [0.05, 0.1) is 12.7 Å². The first-order valence-corrected chi connectivity index (χ1v) is 10.6. The fourth-order valence-electron chi connectivity index (χ4n) is 3.54. The topological polar surface area (TPSA) is 50.6 Å². The molecule has 0 bridgehead atoms. The maximum absolute atomic E-state index is 12.9. The molecule has 4 nitrogen and oxygen atoms in total. The van der Waals surface area contributed by atoms with E-state index in [1.807, 2.05) is 37.4 Å². The number of quaternary nitrogens is 1. The van der Waals surface area contributed by atoms with Crippen LogP contribution in [0.15, 0.2) is 78.9 Å². The summed E-state index contributed by atoms with van der Waals surface area (Å²) in [4.78, 5) is 26.6. The summed E-state index contributed by atoms with van der Waals surface area (Å²) >= 11 is 0. The second kappa shape index (κ2) is 9.71. The molecule has 0 heterocycles. The average molecular weight is 416 g/mol. The normalized spacial score (nSPS) is 12.3. The Bertz CT molecular complexity index is 1030. The van der Waals surface area contributed by atoms with Crippen molar-refractivity contribution >= 4 is 17.4 Å². The summed E-state index contributed by atoms with van der Waals surface area (Å²) in [5.74, 6) is -0.215. The maximum Gasteiger partial charge on any atom is 0.279 e. The van der Waals surface area contributed by atoms with Crippen LogP contribution in [0.25, 0.3) is 0 Å². The molecule has 1 atom stereocenters. The van der Waals surface area contributed by atoms with Gasteiger partial charge in [0.1, 0.15) is 6.54 Å². The van der Waals surface area contributed by atoms with Crippen LogP contribution in [0.2, 0.25) is 0 Å². The zero-order chi connectivity index (χ0) is 22.4. The van der Waals surface area contributed by atoms with Crippen molar-refractivity contribution in [3.8, 4) is 0 Å². The Kier molecular flexibility index (Phi) is 7.03. The highest BCUT2D eigenvalue weighted by atomic mass is 16.2. The molecule has 0 aliphatic carbocycles. The molecule has 4 heteroatoms. The van der Waals surface area contributed by atoms with Gasteiger partial charge in [-0.15, -0.1) is 0 Å². The van der Waals surface area contributed by atoms with Gasteiger partial charge in [0.15, 0.2) is 12.3 Å². The molecule has 0 spiro atoms. The van der Waals surface area contributed by atoms with E-state index in [1.54, 1.807) is 24.3 Å². The van der Waals surface area contributed by atoms with Crippen LogP contribution in [-0.4, -0.2) is 25.3 Å². The minimum Gasteiger partial charge on any atom is -0.326 e. The van der Waals surface area contributed by atoms with Crippen molar-refractivity contribution in [3.63, 3.8) is 0 Å². The van der Waals surface area contributed by atoms with Crippen molar-refractivity contribution in [2.75, 3.05) is 18.9 Å². The summed E-state index contributed by atoms with van der Waals surface area (Å²) in [6.45, 7) is 7.66. The van der Waals surface area contributed by atoms with Gasteiger partial charge >= 0.3 is 0 Å². The first kappa shape index (κ1) is 22.4. The Balaban J connectivity index is 1.63. The van der Waals surface area contributed by atoms with E-state index in [2.05, 4.69) is 50.4 Å². The molecule has 0 aliphatic rings. The maximum atomic E-state index is 12.9. The molecule has 0 fully saturated rings. The molecule has 3 aromatic carbocycles. The highest BCUT2D eigenvalue weighted by Crippen LogP contribution is 2.22. The molecule has 0 saturated carbocycles. The molecule has 1 amide bonds. The fourth-order valence-corrected chi connectivity index (χ4v) is 3.54. The fraction of sp³-hybridized carbons (Fsp3) is 0.259. The third-order valence-electron chi connectivity index (χ3n) is 5.27. The molecule has 0 aliphatic heterocycles. The number of anilines is 1. The molecule has 1 unspecified atom stereocenters. The number of rotatable bonds is 7. The first-order valence-electron chi connectivity index (χ1n) is 10.6. The van der Waals surface area contributed by atoms with Crippen molar-refractivity contribution in [3.05, 3.63) is 101 Å². The molecule has 3 aromatic rings. The summed E-state index contributed by atoms with van der Waals surface area (Å²) in [7, 11) is 2.00. The van der Waals surface area contributed by atoms with Gasteiger partial charge in [0.25, 0.3) is 5.91 Å². The summed E-state index contributed by atoms with van der Waals surface area (Å²) < 4.78 is 0. The second-order valence-corrected chi connectivity index (χ2v) is 9.05. The van der Waals surface area contributed by atoms with Gasteiger partial charge in [-0.25, -0.2) is 0 Å². The smallest absolute Gasteiger partial charge is 0.279 e. The first-order chi connectivity index (χ1) is 14.7. The van der Waals surface area contributed by atoms with Crippen molar-refractivity contribution in [1.29, 1.82) is 0 Å². The van der Waals surface area contributed by atoms with Crippen molar-refractivity contribution in [2.45, 2.75) is 32.7 Å². The highest BCUT2D eigenvalue weighted by molar-refractivity contribution is 6.13. The summed E-state index contributed by atoms with van der Waals surface area (Å²) in [5, 5.41) is 2.93. The average Bonchev–Trinajstić information content (AvgIpc) is 2.74. The molecule has 3 rings (SSSR count). The number of carbonyl (C=O) groups is 2. The molecule has 31 heavy (non-hydrogen) atoms. The third kappa shape index (κ3) is 6.12. The van der Waals surface area contributed by atoms with Crippen molar-refractivity contribution in [2.24, 2.45) is 0 Å². The Morgan fingerprint density at radius 1 is 0.839 bits per heavy atom. The molecule has 2 N–H and O–H groups in total. The zero-order valence-corrected chi connectivity index (χ0v) is 18.7. The number of hydrogen-bond donors (Lipinski definition) is 2. The summed E-state index contributed by atoms with van der Waals surface area (Å²) in [5.41, 5.74) is 4.26. The van der Waals surface area contributed by atoms with E-state index in [4.69, 9.17) is 0 Å². The largest absolute Gasteiger partial charge is 0.326 e. The Morgan fingerprint density at radius 2 is 1.45 bits per heavy atom. The minimum absolute atomic E-state index is 0.101. The number of hydrogen-bond acceptors (Lipinski definition) is 2. The second-order valence-electron chi connectivity index (χ2n) is 9.05. The standard InChI is InChI=1S/C27H30N2O2/c1-27(2,3)22-16-14-20(15-17-22)18-29(4)19-25(30)28-24-13-9-8-12-23(24)26(31)21-10-6-5-7-11-21/h5-17H,18-19H2,1-4H3,(H,28,30)/p+1. The predicted octanol–water partition coefficient (Wildman–Crippen LogP) is 3.87. The van der Waals surface area contributed by atoms with E-state index in [9.17, 15) is 9.59 Å². The Hall–Kier alpha value is -3.24. The quantitative estimate of drug-likeness (QED) is 0.576. The van der Waals surface area contributed by atoms with Crippen LogP contribution < -0.4 is 10.2 Å². The molecular weight excluding hydrogens is 384 g/mol. The van der Waals surface area contributed by atoms with Gasteiger partial charge in [-0.3, -0.25) is 9.59 Å². The lowest BCUT2D eigenvalue weighted by Crippen LogP contribution is -3.08. The van der Waals surface area contributed by atoms with Crippen LogP contribution in [0.4, 0.5) is 5.69 Å². The number of carbonyl (C=O) groups excluding carboxylic acids is 2. The van der Waals surface area contributed by atoms with Gasteiger partial charge < -0.3 is 10.2 Å². The number of para-hydroxylation sites is 1. The van der Waals surface area contributed by atoms with E-state index >= 15 is 0 Å². The lowest BCUT2D eigenvalue weighted by atomic mass is 9.87. The monoisotopic (exact) mass is 415 g/mol. The van der Waals surface area contributed by atoms with E-state index in [-0.39, 0.29) is 17.1 Å². The Morgan fingerprint density at radius 3 is 2.10 bits per heavy atom. The lowest BCUT2D eigenvalue weighted by molar-refractivity contribution is -0.885. The van der Waals surface area contributed by atoms with E-state index in [0.717, 1.165) is 11.4 Å². The molecule has 0 aromatic heterocycles. The Labute approximate surface area is 184 Å². The summed E-state index contributed by atoms with van der Waals surface area (Å²) in [6, 6.07) is 24.9.